The summed E-state index contributed by atoms with van der Waals surface area (Å²) >= 11 is 0. The summed E-state index contributed by atoms with van der Waals surface area (Å²) in [5.74, 6) is 0.239. The molecule has 1 aromatic heterocycles. The standard InChI is InChI=1S/C22H32N6O2/c1-2-17-13-16(14-18-15-24-25-21(17)18)3-4-20(29)27-11-9-26(10-12-27)19-5-7-28(8-6-19)22(23)30/h13-15,19H,2-12H2,1H3,(H2,23,30)(H,24,25). The van der Waals surface area contributed by atoms with Crippen molar-refractivity contribution in [1.29, 1.82) is 0 Å². The number of amides is 3. The summed E-state index contributed by atoms with van der Waals surface area (Å²) in [6.45, 7) is 7.01. The van der Waals surface area contributed by atoms with Crippen LogP contribution in [0, 0.1) is 0 Å². The van der Waals surface area contributed by atoms with Gasteiger partial charge in [-0.2, -0.15) is 5.10 Å². The van der Waals surface area contributed by atoms with Crippen molar-refractivity contribution in [3.63, 3.8) is 0 Å². The van der Waals surface area contributed by atoms with E-state index in [4.69, 9.17) is 5.73 Å². The number of carbonyl (C=O) groups excluding carboxylic acids is 2. The summed E-state index contributed by atoms with van der Waals surface area (Å²) < 4.78 is 0. The molecule has 3 N–H and O–H groups in total. The molecule has 0 bridgehead atoms. The molecule has 1 aromatic carbocycles. The number of carbonyl (C=O) groups is 2. The van der Waals surface area contributed by atoms with E-state index >= 15 is 0 Å². The fourth-order valence-electron chi connectivity index (χ4n) is 4.82. The highest BCUT2D eigenvalue weighted by atomic mass is 16.2. The van der Waals surface area contributed by atoms with Crippen molar-refractivity contribution in [2.24, 2.45) is 5.73 Å². The zero-order valence-corrected chi connectivity index (χ0v) is 17.8. The SMILES string of the molecule is CCc1cc(CCC(=O)N2CCN(C3CCN(C(N)=O)CC3)CC2)cc2cn[nH]c12. The molecular weight excluding hydrogens is 380 g/mol. The Morgan fingerprint density at radius 1 is 1.10 bits per heavy atom. The average Bonchev–Trinajstić information content (AvgIpc) is 3.26. The van der Waals surface area contributed by atoms with Crippen molar-refractivity contribution in [3.8, 4) is 0 Å². The van der Waals surface area contributed by atoms with Crippen LogP contribution in [0.5, 0.6) is 0 Å². The van der Waals surface area contributed by atoms with Crippen LogP contribution in [-0.4, -0.2) is 82.1 Å². The molecule has 0 spiro atoms. The maximum Gasteiger partial charge on any atom is 0.314 e. The molecule has 2 aromatic rings. The third-order valence-corrected chi connectivity index (χ3v) is 6.66. The minimum absolute atomic E-state index is 0.239. The predicted molar refractivity (Wildman–Crippen MR) is 116 cm³/mol. The fourth-order valence-corrected chi connectivity index (χ4v) is 4.82. The maximum atomic E-state index is 12.8. The van der Waals surface area contributed by atoms with Gasteiger partial charge in [-0.3, -0.25) is 14.8 Å². The second-order valence-corrected chi connectivity index (χ2v) is 8.42. The molecule has 0 radical (unpaired) electrons. The van der Waals surface area contributed by atoms with Gasteiger partial charge in [0.2, 0.25) is 5.91 Å². The zero-order chi connectivity index (χ0) is 21.1. The number of aromatic amines is 1. The minimum Gasteiger partial charge on any atom is -0.351 e. The van der Waals surface area contributed by atoms with Gasteiger partial charge in [0, 0.05) is 57.1 Å². The smallest absolute Gasteiger partial charge is 0.314 e. The van der Waals surface area contributed by atoms with Crippen LogP contribution in [0.4, 0.5) is 4.79 Å². The summed E-state index contributed by atoms with van der Waals surface area (Å²) in [7, 11) is 0. The molecule has 0 aliphatic carbocycles. The van der Waals surface area contributed by atoms with Gasteiger partial charge in [0.05, 0.1) is 11.7 Å². The first-order valence-electron chi connectivity index (χ1n) is 11.1. The summed E-state index contributed by atoms with van der Waals surface area (Å²) in [4.78, 5) is 30.3. The molecule has 162 valence electrons. The van der Waals surface area contributed by atoms with E-state index < -0.39 is 0 Å². The van der Waals surface area contributed by atoms with Crippen molar-refractivity contribution in [2.45, 2.75) is 45.1 Å². The van der Waals surface area contributed by atoms with Gasteiger partial charge in [0.25, 0.3) is 0 Å². The molecular formula is C22H32N6O2. The first-order valence-corrected chi connectivity index (χ1v) is 11.1. The highest BCUT2D eigenvalue weighted by Crippen LogP contribution is 2.21. The Kier molecular flexibility index (Phi) is 6.22. The largest absolute Gasteiger partial charge is 0.351 e. The lowest BCUT2D eigenvalue weighted by atomic mass is 10.0. The summed E-state index contributed by atoms with van der Waals surface area (Å²) in [5.41, 5.74) is 8.93. The van der Waals surface area contributed by atoms with Gasteiger partial charge in [-0.25, -0.2) is 4.79 Å². The number of likely N-dealkylation sites (tertiary alicyclic amines) is 1. The van der Waals surface area contributed by atoms with Gasteiger partial charge in [-0.15, -0.1) is 0 Å². The molecule has 2 saturated heterocycles. The maximum absolute atomic E-state index is 12.8. The van der Waals surface area contributed by atoms with E-state index in [-0.39, 0.29) is 11.9 Å². The molecule has 8 nitrogen and oxygen atoms in total. The molecule has 2 aliphatic rings. The van der Waals surface area contributed by atoms with Crippen molar-refractivity contribution in [3.05, 3.63) is 29.5 Å². The van der Waals surface area contributed by atoms with Crippen LogP contribution in [0.15, 0.2) is 18.3 Å². The fraction of sp³-hybridized carbons (Fsp3) is 0.591. The second kappa shape index (κ2) is 9.04. The van der Waals surface area contributed by atoms with Gasteiger partial charge in [-0.1, -0.05) is 13.0 Å². The van der Waals surface area contributed by atoms with Crippen LogP contribution in [0.1, 0.15) is 37.3 Å². The van der Waals surface area contributed by atoms with Crippen molar-refractivity contribution < 1.29 is 9.59 Å². The number of fused-ring (bicyclic) bond motifs is 1. The zero-order valence-electron chi connectivity index (χ0n) is 17.8. The molecule has 30 heavy (non-hydrogen) atoms. The van der Waals surface area contributed by atoms with Gasteiger partial charge < -0.3 is 15.5 Å². The van der Waals surface area contributed by atoms with Crippen LogP contribution in [0.3, 0.4) is 0 Å². The van der Waals surface area contributed by atoms with Crippen molar-refractivity contribution in [2.75, 3.05) is 39.3 Å². The van der Waals surface area contributed by atoms with Crippen LogP contribution in [0.25, 0.3) is 10.9 Å². The van der Waals surface area contributed by atoms with Crippen molar-refractivity contribution in [1.82, 2.24) is 24.9 Å². The first-order chi connectivity index (χ1) is 14.5. The van der Waals surface area contributed by atoms with Crippen LogP contribution in [-0.2, 0) is 17.6 Å². The number of rotatable bonds is 5. The lowest BCUT2D eigenvalue weighted by molar-refractivity contribution is -0.133. The number of benzene rings is 1. The van der Waals surface area contributed by atoms with E-state index in [2.05, 4.69) is 34.2 Å². The number of nitrogens with zero attached hydrogens (tertiary/aromatic N) is 4. The van der Waals surface area contributed by atoms with E-state index in [0.717, 1.165) is 75.9 Å². The number of nitrogens with two attached hydrogens (primary N) is 1. The molecule has 8 heteroatoms. The monoisotopic (exact) mass is 412 g/mol. The molecule has 0 atom stereocenters. The number of H-pyrrole nitrogens is 1. The number of piperidine rings is 1. The highest BCUT2D eigenvalue weighted by molar-refractivity contribution is 5.82. The Hall–Kier alpha value is -2.61. The van der Waals surface area contributed by atoms with E-state index in [1.165, 1.54) is 11.1 Å². The Bertz CT molecular complexity index is 894. The molecule has 2 fully saturated rings. The van der Waals surface area contributed by atoms with Gasteiger partial charge in [0.15, 0.2) is 0 Å². The lowest BCUT2D eigenvalue weighted by Crippen LogP contribution is -2.55. The number of aromatic nitrogens is 2. The lowest BCUT2D eigenvalue weighted by Gasteiger charge is -2.42. The van der Waals surface area contributed by atoms with E-state index in [1.807, 2.05) is 11.1 Å². The quantitative estimate of drug-likeness (QED) is 0.782. The Morgan fingerprint density at radius 3 is 2.50 bits per heavy atom. The van der Waals surface area contributed by atoms with Crippen LogP contribution >= 0.6 is 0 Å². The van der Waals surface area contributed by atoms with Crippen LogP contribution < -0.4 is 5.73 Å². The van der Waals surface area contributed by atoms with E-state index in [9.17, 15) is 9.59 Å². The number of nitrogens with one attached hydrogen (secondary N) is 1. The average molecular weight is 413 g/mol. The Labute approximate surface area is 177 Å². The number of hydrogen-bond donors (Lipinski definition) is 2. The summed E-state index contributed by atoms with van der Waals surface area (Å²) in [5, 5.41) is 8.33. The van der Waals surface area contributed by atoms with E-state index in [1.54, 1.807) is 4.90 Å². The van der Waals surface area contributed by atoms with Gasteiger partial charge >= 0.3 is 6.03 Å². The molecule has 2 aliphatic heterocycles. The number of hydrogen-bond acceptors (Lipinski definition) is 4. The van der Waals surface area contributed by atoms with Gasteiger partial charge in [-0.05, 0) is 42.9 Å². The third-order valence-electron chi connectivity index (χ3n) is 6.66. The third kappa shape index (κ3) is 4.43. The highest BCUT2D eigenvalue weighted by Gasteiger charge is 2.29. The van der Waals surface area contributed by atoms with E-state index in [0.29, 0.717) is 12.5 Å². The number of urea groups is 1. The molecule has 0 unspecified atom stereocenters. The second-order valence-electron chi connectivity index (χ2n) is 8.42. The Balaban J connectivity index is 1.25. The Morgan fingerprint density at radius 2 is 1.83 bits per heavy atom. The van der Waals surface area contributed by atoms with Crippen LogP contribution in [0.2, 0.25) is 0 Å². The normalized spacial score (nSPS) is 18.8. The molecule has 0 saturated carbocycles. The molecule has 3 heterocycles. The number of piperazine rings is 1. The summed E-state index contributed by atoms with van der Waals surface area (Å²) in [6.07, 6.45) is 6.04. The molecule has 3 amide bonds. The van der Waals surface area contributed by atoms with Crippen molar-refractivity contribution >= 4 is 22.8 Å². The van der Waals surface area contributed by atoms with Gasteiger partial charge in [0.1, 0.15) is 0 Å². The summed E-state index contributed by atoms with van der Waals surface area (Å²) in [6, 6.07) is 4.51. The topological polar surface area (TPSA) is 98.6 Å². The number of primary amides is 1. The molecule has 4 rings (SSSR count). The number of aryl methyl sites for hydroxylation is 2. The minimum atomic E-state index is -0.318. The predicted octanol–water partition coefficient (Wildman–Crippen LogP) is 1.75. The first kappa shape index (κ1) is 20.7.